The number of anilines is 3. The molecule has 0 atom stereocenters. The van der Waals surface area contributed by atoms with Gasteiger partial charge in [0.15, 0.2) is 5.82 Å². The molecule has 3 N–H and O–H groups in total. The van der Waals surface area contributed by atoms with Gasteiger partial charge in [-0.3, -0.25) is 0 Å². The number of nitrogens with two attached hydrogens (primary N) is 1. The van der Waals surface area contributed by atoms with E-state index in [2.05, 4.69) is 33.1 Å². The quantitative estimate of drug-likeness (QED) is 0.645. The molecule has 0 saturated heterocycles. The zero-order valence-corrected chi connectivity index (χ0v) is 13.0. The number of benzene rings is 2. The summed E-state index contributed by atoms with van der Waals surface area (Å²) in [7, 11) is 0. The summed E-state index contributed by atoms with van der Waals surface area (Å²) in [5, 5.41) is 6.84. The van der Waals surface area contributed by atoms with Crippen LogP contribution in [0.2, 0.25) is 0 Å². The van der Waals surface area contributed by atoms with Gasteiger partial charge in [0, 0.05) is 20.5 Å². The van der Waals surface area contributed by atoms with Gasteiger partial charge in [-0.2, -0.15) is 0 Å². The minimum absolute atomic E-state index is 0.271. The maximum absolute atomic E-state index is 13.5. The van der Waals surface area contributed by atoms with E-state index in [0.717, 1.165) is 14.8 Å². The summed E-state index contributed by atoms with van der Waals surface area (Å²) in [6.07, 6.45) is 1.45. The van der Waals surface area contributed by atoms with E-state index in [0.29, 0.717) is 11.3 Å². The Kier molecular flexibility index (Phi) is 3.78. The lowest BCUT2D eigenvalue weighted by molar-refractivity contribution is 0.423. The normalized spacial score (nSPS) is 10.6. The van der Waals surface area contributed by atoms with Crippen molar-refractivity contribution in [3.8, 4) is 11.1 Å². The summed E-state index contributed by atoms with van der Waals surface area (Å²) in [6, 6.07) is 12.2. The fourth-order valence-corrected chi connectivity index (χ4v) is 2.35. The maximum atomic E-state index is 13.5. The van der Waals surface area contributed by atoms with Crippen LogP contribution in [0.3, 0.4) is 0 Å². The Morgan fingerprint density at radius 1 is 1.10 bits per heavy atom. The number of rotatable bonds is 3. The van der Waals surface area contributed by atoms with Crippen molar-refractivity contribution in [2.45, 2.75) is 0 Å². The number of hydrogen-bond acceptors (Lipinski definition) is 4. The predicted molar refractivity (Wildman–Crippen MR) is 88.8 cm³/mol. The summed E-state index contributed by atoms with van der Waals surface area (Å²) in [5.41, 5.74) is 8.58. The van der Waals surface area contributed by atoms with Gasteiger partial charge in [-0.05, 0) is 65.1 Å². The molecule has 0 spiro atoms. The predicted octanol–water partition coefficient (Wildman–Crippen LogP) is 4.41. The Morgan fingerprint density at radius 2 is 1.86 bits per heavy atom. The van der Waals surface area contributed by atoms with Crippen LogP contribution < -0.4 is 11.1 Å². The number of halogens is 2. The van der Waals surface area contributed by atoms with Crippen molar-refractivity contribution in [2.75, 3.05) is 11.1 Å². The Labute approximate surface area is 134 Å². The number of nitrogens with zero attached hydrogens (tertiary/aromatic N) is 1. The van der Waals surface area contributed by atoms with Gasteiger partial charge in [0.05, 0.1) is 5.56 Å². The smallest absolute Gasteiger partial charge is 0.174 e. The molecule has 0 amide bonds. The first-order chi connectivity index (χ1) is 10.1. The first kappa shape index (κ1) is 13.9. The van der Waals surface area contributed by atoms with Crippen LogP contribution in [0.5, 0.6) is 0 Å². The molecule has 3 rings (SSSR count). The molecule has 106 valence electrons. The zero-order valence-electron chi connectivity index (χ0n) is 10.8. The van der Waals surface area contributed by atoms with E-state index in [4.69, 9.17) is 10.3 Å². The highest BCUT2D eigenvalue weighted by Gasteiger charge is 2.12. The fraction of sp³-hybridized carbons (Fsp3) is 0. The van der Waals surface area contributed by atoms with Gasteiger partial charge in [0.2, 0.25) is 0 Å². The Balaban J connectivity index is 2.03. The molecule has 3 aromatic rings. The number of aromatic nitrogens is 1. The van der Waals surface area contributed by atoms with Crippen molar-refractivity contribution in [3.05, 3.63) is 58.1 Å². The van der Waals surface area contributed by atoms with E-state index in [9.17, 15) is 4.39 Å². The molecule has 0 aliphatic rings. The summed E-state index contributed by atoms with van der Waals surface area (Å²) in [6.45, 7) is 0. The number of nitrogen functional groups attached to an aromatic ring is 1. The van der Waals surface area contributed by atoms with E-state index < -0.39 is 0 Å². The van der Waals surface area contributed by atoms with Crippen molar-refractivity contribution >= 4 is 39.8 Å². The third-order valence-corrected chi connectivity index (χ3v) is 3.71. The monoisotopic (exact) mass is 395 g/mol. The lowest BCUT2D eigenvalue weighted by Gasteiger charge is -2.11. The minimum Gasteiger partial charge on any atom is -0.380 e. The minimum atomic E-state index is -0.332. The first-order valence-electron chi connectivity index (χ1n) is 6.16. The molecular weight excluding hydrogens is 384 g/mol. The summed E-state index contributed by atoms with van der Waals surface area (Å²) in [4.78, 5) is 0. The van der Waals surface area contributed by atoms with Crippen molar-refractivity contribution in [2.24, 2.45) is 0 Å². The molecule has 1 heterocycles. The summed E-state index contributed by atoms with van der Waals surface area (Å²) in [5.74, 6) is -0.0611. The third kappa shape index (κ3) is 2.99. The Bertz CT molecular complexity index is 771. The standard InChI is InChI=1S/C15H11FIN3O/c16-9-1-6-12(13-8-21-20-15(13)18)14(7-9)19-11-4-2-10(17)3-5-11/h1-8,19H,(H2,18,20). The molecule has 0 unspecified atom stereocenters. The van der Waals surface area contributed by atoms with Crippen LogP contribution in [0.25, 0.3) is 11.1 Å². The third-order valence-electron chi connectivity index (χ3n) is 2.99. The van der Waals surface area contributed by atoms with Crippen LogP contribution in [0.1, 0.15) is 0 Å². The van der Waals surface area contributed by atoms with E-state index in [1.54, 1.807) is 6.07 Å². The molecular formula is C15H11FIN3O. The van der Waals surface area contributed by atoms with Gasteiger partial charge in [-0.15, -0.1) is 0 Å². The molecule has 0 aliphatic heterocycles. The maximum Gasteiger partial charge on any atom is 0.174 e. The fourth-order valence-electron chi connectivity index (χ4n) is 1.99. The van der Waals surface area contributed by atoms with E-state index in [-0.39, 0.29) is 11.6 Å². The molecule has 0 saturated carbocycles. The van der Waals surface area contributed by atoms with Gasteiger partial charge in [0.25, 0.3) is 0 Å². The highest BCUT2D eigenvalue weighted by atomic mass is 127. The highest BCUT2D eigenvalue weighted by Crippen LogP contribution is 2.34. The van der Waals surface area contributed by atoms with Crippen molar-refractivity contribution in [3.63, 3.8) is 0 Å². The molecule has 0 radical (unpaired) electrons. The van der Waals surface area contributed by atoms with Crippen LogP contribution in [0.15, 0.2) is 53.3 Å². The number of hydrogen-bond donors (Lipinski definition) is 2. The van der Waals surface area contributed by atoms with Crippen LogP contribution in [0.4, 0.5) is 21.6 Å². The molecule has 1 aromatic heterocycles. The van der Waals surface area contributed by atoms with Crippen LogP contribution >= 0.6 is 22.6 Å². The van der Waals surface area contributed by atoms with Crippen LogP contribution in [-0.2, 0) is 0 Å². The van der Waals surface area contributed by atoms with Gasteiger partial charge >= 0.3 is 0 Å². The van der Waals surface area contributed by atoms with Gasteiger partial charge in [0.1, 0.15) is 12.1 Å². The molecule has 2 aromatic carbocycles. The second-order valence-electron chi connectivity index (χ2n) is 4.44. The molecule has 21 heavy (non-hydrogen) atoms. The molecule has 6 heteroatoms. The van der Waals surface area contributed by atoms with E-state index >= 15 is 0 Å². The van der Waals surface area contributed by atoms with Crippen molar-refractivity contribution < 1.29 is 8.91 Å². The van der Waals surface area contributed by atoms with Crippen LogP contribution in [0, 0.1) is 9.39 Å². The number of nitrogens with one attached hydrogen (secondary N) is 1. The summed E-state index contributed by atoms with van der Waals surface area (Å²) < 4.78 is 19.5. The van der Waals surface area contributed by atoms with Gasteiger partial charge in [-0.25, -0.2) is 4.39 Å². The average Bonchev–Trinajstić information content (AvgIpc) is 2.88. The topological polar surface area (TPSA) is 64.1 Å². The van der Waals surface area contributed by atoms with E-state index in [1.807, 2.05) is 24.3 Å². The zero-order chi connectivity index (χ0) is 14.8. The Hall–Kier alpha value is -2.09. The first-order valence-corrected chi connectivity index (χ1v) is 7.24. The molecule has 0 aliphatic carbocycles. The SMILES string of the molecule is Nc1nocc1-c1ccc(F)cc1Nc1ccc(I)cc1. The van der Waals surface area contributed by atoms with Gasteiger partial charge in [-0.1, -0.05) is 5.16 Å². The van der Waals surface area contributed by atoms with Crippen molar-refractivity contribution in [1.29, 1.82) is 0 Å². The second kappa shape index (κ2) is 5.72. The second-order valence-corrected chi connectivity index (χ2v) is 5.68. The largest absolute Gasteiger partial charge is 0.380 e. The lowest BCUT2D eigenvalue weighted by atomic mass is 10.1. The summed E-state index contributed by atoms with van der Waals surface area (Å²) >= 11 is 2.23. The van der Waals surface area contributed by atoms with Crippen LogP contribution in [-0.4, -0.2) is 5.16 Å². The average molecular weight is 395 g/mol. The lowest BCUT2D eigenvalue weighted by Crippen LogP contribution is -1.96. The van der Waals surface area contributed by atoms with Gasteiger partial charge < -0.3 is 15.6 Å². The molecule has 4 nitrogen and oxygen atoms in total. The molecule has 0 bridgehead atoms. The van der Waals surface area contributed by atoms with E-state index in [1.165, 1.54) is 18.4 Å². The highest BCUT2D eigenvalue weighted by molar-refractivity contribution is 14.1. The molecule has 0 fully saturated rings. The Morgan fingerprint density at radius 3 is 2.52 bits per heavy atom. The van der Waals surface area contributed by atoms with Crippen molar-refractivity contribution in [1.82, 2.24) is 5.16 Å².